The second kappa shape index (κ2) is 9.04. The number of nitrogens with zero attached hydrogens (tertiary/aromatic N) is 3. The SMILES string of the molecule is CC1(C)CCCC(C)(C)N1O.CC1(C)COC(C)(C)N1O.CC1(C)COCN1O. The van der Waals surface area contributed by atoms with Gasteiger partial charge in [-0.3, -0.25) is 0 Å². The maximum atomic E-state index is 9.80. The van der Waals surface area contributed by atoms with Crippen LogP contribution in [0.4, 0.5) is 0 Å². The van der Waals surface area contributed by atoms with Gasteiger partial charge < -0.3 is 25.1 Å². The minimum Gasteiger partial charge on any atom is -0.362 e. The molecule has 3 saturated heterocycles. The summed E-state index contributed by atoms with van der Waals surface area (Å²) in [5.74, 6) is 0. The molecule has 3 heterocycles. The summed E-state index contributed by atoms with van der Waals surface area (Å²) in [5, 5.41) is 32.2. The van der Waals surface area contributed by atoms with Gasteiger partial charge in [0.1, 0.15) is 12.5 Å². The van der Waals surface area contributed by atoms with Crippen LogP contribution in [0.1, 0.15) is 88.5 Å². The smallest absolute Gasteiger partial charge is 0.138 e. The first kappa shape index (κ1) is 26.7. The van der Waals surface area contributed by atoms with Gasteiger partial charge in [-0.2, -0.15) is 15.2 Å². The highest BCUT2D eigenvalue weighted by Gasteiger charge is 2.45. The van der Waals surface area contributed by atoms with Gasteiger partial charge in [-0.1, -0.05) is 0 Å². The molecule has 0 aromatic carbocycles. The zero-order valence-electron chi connectivity index (χ0n) is 20.2. The second-order valence-corrected chi connectivity index (χ2v) is 11.3. The molecule has 0 spiro atoms. The van der Waals surface area contributed by atoms with Gasteiger partial charge in [0.15, 0.2) is 0 Å². The van der Waals surface area contributed by atoms with E-state index >= 15 is 0 Å². The first-order chi connectivity index (χ1) is 12.9. The summed E-state index contributed by atoms with van der Waals surface area (Å²) < 4.78 is 10.3. The molecule has 0 saturated carbocycles. The van der Waals surface area contributed by atoms with Crippen molar-refractivity contribution in [1.29, 1.82) is 0 Å². The zero-order chi connectivity index (χ0) is 22.9. The Bertz CT molecular complexity index is 502. The fourth-order valence-corrected chi connectivity index (χ4v) is 3.82. The van der Waals surface area contributed by atoms with E-state index in [2.05, 4.69) is 27.7 Å². The highest BCUT2D eigenvalue weighted by atomic mass is 16.6. The molecule has 3 rings (SSSR count). The zero-order valence-corrected chi connectivity index (χ0v) is 20.2. The molecule has 0 aromatic heterocycles. The van der Waals surface area contributed by atoms with Crippen LogP contribution >= 0.6 is 0 Å². The molecule has 0 aromatic rings. The first-order valence-electron chi connectivity index (χ1n) is 10.5. The fourth-order valence-electron chi connectivity index (χ4n) is 3.82. The predicted octanol–water partition coefficient (Wildman–Crippen LogP) is 4.09. The highest BCUT2D eigenvalue weighted by molar-refractivity contribution is 4.92. The number of piperidine rings is 1. The van der Waals surface area contributed by atoms with Crippen LogP contribution in [0.2, 0.25) is 0 Å². The second-order valence-electron chi connectivity index (χ2n) is 11.3. The van der Waals surface area contributed by atoms with E-state index in [1.54, 1.807) is 0 Å². The standard InChI is InChI=1S/C9H19NO.C7H15NO2.C5H11NO2/c1-8(2)6-5-7-9(3,4)10(8)11;1-6(2)5-10-7(3,4)8(6)9;1-5(2)3-8-4-6(5)7/h11H,5-7H2,1-4H3;9H,5H2,1-4H3;7H,3-4H2,1-2H3. The van der Waals surface area contributed by atoms with Crippen LogP contribution in [0.25, 0.3) is 0 Å². The lowest BCUT2D eigenvalue weighted by Crippen LogP contribution is -2.56. The largest absolute Gasteiger partial charge is 0.362 e. The molecule has 0 radical (unpaired) electrons. The predicted molar refractivity (Wildman–Crippen MR) is 112 cm³/mol. The normalized spacial score (nSPS) is 30.1. The van der Waals surface area contributed by atoms with Crippen LogP contribution in [0.3, 0.4) is 0 Å². The van der Waals surface area contributed by atoms with E-state index < -0.39 is 5.72 Å². The maximum absolute atomic E-state index is 9.80. The molecular weight excluding hydrogens is 374 g/mol. The van der Waals surface area contributed by atoms with Crippen molar-refractivity contribution in [3.8, 4) is 0 Å². The van der Waals surface area contributed by atoms with E-state index in [0.717, 1.165) is 12.8 Å². The van der Waals surface area contributed by atoms with E-state index in [0.29, 0.717) is 19.9 Å². The van der Waals surface area contributed by atoms with Crippen LogP contribution < -0.4 is 0 Å². The van der Waals surface area contributed by atoms with Crippen molar-refractivity contribution in [1.82, 2.24) is 15.2 Å². The lowest BCUT2D eigenvalue weighted by Gasteiger charge is -2.48. The molecule has 3 aliphatic heterocycles. The summed E-state index contributed by atoms with van der Waals surface area (Å²) in [7, 11) is 0. The summed E-state index contributed by atoms with van der Waals surface area (Å²) in [6, 6.07) is 0. The van der Waals surface area contributed by atoms with Crippen LogP contribution in [-0.2, 0) is 9.47 Å². The molecule has 0 atom stereocenters. The number of rotatable bonds is 0. The molecular formula is C21H45N3O5. The van der Waals surface area contributed by atoms with Crippen molar-refractivity contribution < 1.29 is 25.1 Å². The van der Waals surface area contributed by atoms with Crippen LogP contribution in [0, 0.1) is 0 Å². The lowest BCUT2D eigenvalue weighted by atomic mass is 9.82. The molecule has 174 valence electrons. The number of hydrogen-bond donors (Lipinski definition) is 3. The molecule has 0 unspecified atom stereocenters. The Kier molecular flexibility index (Phi) is 8.33. The maximum Gasteiger partial charge on any atom is 0.138 e. The Morgan fingerprint density at radius 2 is 1.10 bits per heavy atom. The molecule has 3 fully saturated rings. The Morgan fingerprint density at radius 3 is 1.28 bits per heavy atom. The molecule has 0 aliphatic carbocycles. The van der Waals surface area contributed by atoms with E-state index in [9.17, 15) is 10.4 Å². The molecule has 3 N–H and O–H groups in total. The third-order valence-corrected chi connectivity index (χ3v) is 5.95. The average molecular weight is 420 g/mol. The van der Waals surface area contributed by atoms with Gasteiger partial charge in [0.05, 0.1) is 24.3 Å². The van der Waals surface area contributed by atoms with Gasteiger partial charge in [-0.25, -0.2) is 0 Å². The van der Waals surface area contributed by atoms with Crippen molar-refractivity contribution in [3.63, 3.8) is 0 Å². The summed E-state index contributed by atoms with van der Waals surface area (Å²) in [4.78, 5) is 0. The minimum atomic E-state index is -0.524. The third-order valence-electron chi connectivity index (χ3n) is 5.95. The fraction of sp³-hybridized carbons (Fsp3) is 1.00. The lowest BCUT2D eigenvalue weighted by molar-refractivity contribution is -0.241. The topological polar surface area (TPSA) is 88.9 Å². The van der Waals surface area contributed by atoms with E-state index in [-0.39, 0.29) is 22.2 Å². The van der Waals surface area contributed by atoms with Crippen LogP contribution in [0.5, 0.6) is 0 Å². The molecule has 3 aliphatic rings. The summed E-state index contributed by atoms with van der Waals surface area (Å²) >= 11 is 0. The Hall–Kier alpha value is -0.320. The Morgan fingerprint density at radius 1 is 0.621 bits per heavy atom. The van der Waals surface area contributed by atoms with Crippen molar-refractivity contribution in [2.24, 2.45) is 0 Å². The van der Waals surface area contributed by atoms with Gasteiger partial charge in [-0.05, 0) is 88.5 Å². The van der Waals surface area contributed by atoms with Gasteiger partial charge in [0, 0.05) is 11.1 Å². The van der Waals surface area contributed by atoms with Crippen molar-refractivity contribution >= 4 is 0 Å². The number of ether oxygens (including phenoxy) is 2. The molecule has 29 heavy (non-hydrogen) atoms. The Labute approximate surface area is 177 Å². The monoisotopic (exact) mass is 419 g/mol. The average Bonchev–Trinajstić information content (AvgIpc) is 2.97. The summed E-state index contributed by atoms with van der Waals surface area (Å²) in [5.41, 5.74) is -1.03. The summed E-state index contributed by atoms with van der Waals surface area (Å²) in [6.07, 6.45) is 3.40. The molecule has 8 nitrogen and oxygen atoms in total. The van der Waals surface area contributed by atoms with Gasteiger partial charge in [0.2, 0.25) is 0 Å². The molecule has 0 amide bonds. The summed E-state index contributed by atoms with van der Waals surface area (Å²) in [6.45, 7) is 21.4. The van der Waals surface area contributed by atoms with Gasteiger partial charge >= 0.3 is 0 Å². The first-order valence-corrected chi connectivity index (χ1v) is 10.5. The van der Waals surface area contributed by atoms with Crippen molar-refractivity contribution in [2.45, 2.75) is 116 Å². The van der Waals surface area contributed by atoms with Gasteiger partial charge in [0.25, 0.3) is 0 Å². The van der Waals surface area contributed by atoms with E-state index in [4.69, 9.17) is 14.7 Å². The van der Waals surface area contributed by atoms with Crippen molar-refractivity contribution in [3.05, 3.63) is 0 Å². The minimum absolute atomic E-state index is 0.0399. The Balaban J connectivity index is 0.000000220. The molecule has 8 heteroatoms. The number of hydrogen-bond acceptors (Lipinski definition) is 8. The van der Waals surface area contributed by atoms with Crippen molar-refractivity contribution in [2.75, 3.05) is 19.9 Å². The van der Waals surface area contributed by atoms with Crippen LogP contribution in [0.15, 0.2) is 0 Å². The third kappa shape index (κ3) is 6.83. The quantitative estimate of drug-likeness (QED) is 0.541. The van der Waals surface area contributed by atoms with Crippen LogP contribution in [-0.4, -0.2) is 78.6 Å². The number of hydroxylamine groups is 6. The van der Waals surface area contributed by atoms with E-state index in [1.165, 1.54) is 21.6 Å². The molecule has 0 bridgehead atoms. The van der Waals surface area contributed by atoms with E-state index in [1.807, 2.05) is 41.5 Å². The highest BCUT2D eigenvalue weighted by Crippen LogP contribution is 2.36. The van der Waals surface area contributed by atoms with Gasteiger partial charge in [-0.15, -0.1) is 0 Å².